The Hall–Kier alpha value is -7.64. The molecule has 7 nitrogen and oxygen atoms in total. The predicted octanol–water partition coefficient (Wildman–Crippen LogP) is 11.6. The van der Waals surface area contributed by atoms with Gasteiger partial charge in [0, 0.05) is 44.2 Å². The molecular weight excluding hydrogens is 677 g/mol. The second-order valence-corrected chi connectivity index (χ2v) is 13.1. The molecule has 0 N–H and O–H groups in total. The van der Waals surface area contributed by atoms with Crippen molar-refractivity contribution in [3.63, 3.8) is 0 Å². The molecule has 0 aliphatic carbocycles. The lowest BCUT2D eigenvalue weighted by atomic mass is 9.98. The van der Waals surface area contributed by atoms with Crippen LogP contribution in [0.25, 0.3) is 101 Å². The largest absolute Gasteiger partial charge is 0.456 e. The number of fused-ring (bicyclic) bond motifs is 3. The fourth-order valence-electron chi connectivity index (χ4n) is 6.88. The van der Waals surface area contributed by atoms with E-state index in [1.165, 1.54) is 0 Å². The number of benzene rings is 7. The molecule has 0 aliphatic rings. The lowest BCUT2D eigenvalue weighted by Crippen LogP contribution is -2.00. The van der Waals surface area contributed by atoms with Crippen LogP contribution in [0.15, 0.2) is 186 Å². The molecule has 0 amide bonds. The van der Waals surface area contributed by atoms with E-state index in [-0.39, 0.29) is 0 Å². The van der Waals surface area contributed by atoms with E-state index < -0.39 is 0 Å². The highest BCUT2D eigenvalue weighted by molar-refractivity contribution is 6.13. The van der Waals surface area contributed by atoms with E-state index in [1.54, 1.807) is 0 Å². The van der Waals surface area contributed by atoms with Crippen molar-refractivity contribution in [3.05, 3.63) is 182 Å². The molecule has 0 saturated carbocycles. The van der Waals surface area contributed by atoms with Gasteiger partial charge in [0.25, 0.3) is 0 Å². The summed E-state index contributed by atoms with van der Waals surface area (Å²) in [7, 11) is 0. The summed E-state index contributed by atoms with van der Waals surface area (Å²) >= 11 is 0. The summed E-state index contributed by atoms with van der Waals surface area (Å²) in [5, 5.41) is 2.05. The van der Waals surface area contributed by atoms with Crippen molar-refractivity contribution in [1.82, 2.24) is 29.9 Å². The van der Waals surface area contributed by atoms with Crippen LogP contribution >= 0.6 is 0 Å². The maximum Gasteiger partial charge on any atom is 0.164 e. The molecule has 0 atom stereocenters. The Bertz CT molecular complexity index is 2840. The van der Waals surface area contributed by atoms with Gasteiger partial charge in [-0.05, 0) is 29.3 Å². The average molecular weight is 707 g/mol. The summed E-state index contributed by atoms with van der Waals surface area (Å²) in [6, 6.07) is 60.7. The van der Waals surface area contributed by atoms with E-state index in [4.69, 9.17) is 34.3 Å². The van der Waals surface area contributed by atoms with Crippen molar-refractivity contribution >= 4 is 21.9 Å². The van der Waals surface area contributed by atoms with Crippen molar-refractivity contribution in [2.75, 3.05) is 0 Å². The van der Waals surface area contributed by atoms with Crippen LogP contribution in [0.2, 0.25) is 0 Å². The number of furan rings is 1. The van der Waals surface area contributed by atoms with Crippen LogP contribution in [-0.4, -0.2) is 29.9 Å². The van der Waals surface area contributed by atoms with Gasteiger partial charge in [-0.2, -0.15) is 0 Å². The average Bonchev–Trinajstić information content (AvgIpc) is 3.66. The fraction of sp³-hybridized carbons (Fsp3) is 0. The molecule has 0 spiro atoms. The molecule has 0 unspecified atom stereocenters. The lowest BCUT2D eigenvalue weighted by molar-refractivity contribution is 0.669. The molecular formula is C48H30N6O. The van der Waals surface area contributed by atoms with Crippen LogP contribution in [0.1, 0.15) is 0 Å². The summed E-state index contributed by atoms with van der Waals surface area (Å²) in [6.07, 6.45) is 0. The number of hydrogen-bond donors (Lipinski definition) is 0. The Morgan fingerprint density at radius 1 is 0.273 bits per heavy atom. The van der Waals surface area contributed by atoms with E-state index >= 15 is 0 Å². The molecule has 7 aromatic carbocycles. The smallest absolute Gasteiger partial charge is 0.164 e. The predicted molar refractivity (Wildman–Crippen MR) is 219 cm³/mol. The summed E-state index contributed by atoms with van der Waals surface area (Å²) in [5.74, 6) is 3.69. The number of nitrogens with zero attached hydrogens (tertiary/aromatic N) is 6. The van der Waals surface area contributed by atoms with Crippen LogP contribution in [0.5, 0.6) is 0 Å². The number of hydrogen-bond acceptors (Lipinski definition) is 7. The lowest BCUT2D eigenvalue weighted by Gasteiger charge is -2.09. The first-order valence-corrected chi connectivity index (χ1v) is 18.0. The standard InChI is InChI=1S/C48H30N6O/c1-5-14-32(15-6-1)43-49-44(33-16-7-2-8-17-33)52-47(51-43)36-26-24-31(25-27-36)38-22-13-23-40-42(38)39-29-28-37(30-41(39)55-40)48-53-45(34-18-9-3-10-19-34)50-46(54-48)35-20-11-4-12-21-35/h1-30H. The first-order valence-electron chi connectivity index (χ1n) is 18.0. The number of rotatable bonds is 7. The summed E-state index contributed by atoms with van der Waals surface area (Å²) in [5.41, 5.74) is 9.14. The first kappa shape index (κ1) is 32.0. The molecule has 0 aliphatic heterocycles. The summed E-state index contributed by atoms with van der Waals surface area (Å²) in [4.78, 5) is 29.4. The fourth-order valence-corrected chi connectivity index (χ4v) is 6.88. The van der Waals surface area contributed by atoms with Crippen molar-refractivity contribution in [3.8, 4) is 79.5 Å². The maximum atomic E-state index is 6.51. The van der Waals surface area contributed by atoms with Gasteiger partial charge in [-0.1, -0.05) is 164 Å². The maximum absolute atomic E-state index is 6.51. The highest BCUT2D eigenvalue weighted by Crippen LogP contribution is 2.39. The van der Waals surface area contributed by atoms with Gasteiger partial charge in [0.2, 0.25) is 0 Å². The minimum Gasteiger partial charge on any atom is -0.456 e. The zero-order valence-corrected chi connectivity index (χ0v) is 29.4. The molecule has 0 radical (unpaired) electrons. The molecule has 3 aromatic heterocycles. The second-order valence-electron chi connectivity index (χ2n) is 13.1. The topological polar surface area (TPSA) is 90.5 Å². The molecule has 258 valence electrons. The van der Waals surface area contributed by atoms with Crippen molar-refractivity contribution in [1.29, 1.82) is 0 Å². The Labute approximate surface area is 316 Å². The van der Waals surface area contributed by atoms with E-state index in [0.717, 1.165) is 66.4 Å². The molecule has 0 bridgehead atoms. The summed E-state index contributed by atoms with van der Waals surface area (Å²) < 4.78 is 6.51. The monoisotopic (exact) mass is 706 g/mol. The highest BCUT2D eigenvalue weighted by Gasteiger charge is 2.18. The molecule has 10 rings (SSSR count). The minimum atomic E-state index is 0.579. The Morgan fingerprint density at radius 3 is 1.07 bits per heavy atom. The highest BCUT2D eigenvalue weighted by atomic mass is 16.3. The van der Waals surface area contributed by atoms with Crippen molar-refractivity contribution in [2.45, 2.75) is 0 Å². The Balaban J connectivity index is 1.04. The van der Waals surface area contributed by atoms with Gasteiger partial charge in [-0.25, -0.2) is 29.9 Å². The molecule has 0 saturated heterocycles. The van der Waals surface area contributed by atoms with Crippen LogP contribution < -0.4 is 0 Å². The molecule has 10 aromatic rings. The molecule has 0 fully saturated rings. The number of aromatic nitrogens is 6. The van der Waals surface area contributed by atoms with Gasteiger partial charge in [-0.3, -0.25) is 0 Å². The van der Waals surface area contributed by atoms with Crippen LogP contribution in [-0.2, 0) is 0 Å². The third kappa shape index (κ3) is 6.19. The van der Waals surface area contributed by atoms with Crippen LogP contribution in [0, 0.1) is 0 Å². The quantitative estimate of drug-likeness (QED) is 0.163. The van der Waals surface area contributed by atoms with Crippen molar-refractivity contribution in [2.24, 2.45) is 0 Å². The zero-order chi connectivity index (χ0) is 36.6. The normalized spacial score (nSPS) is 11.3. The minimum absolute atomic E-state index is 0.579. The second kappa shape index (κ2) is 13.7. The van der Waals surface area contributed by atoms with Gasteiger partial charge in [-0.15, -0.1) is 0 Å². The molecule has 7 heteroatoms. The zero-order valence-electron chi connectivity index (χ0n) is 29.4. The van der Waals surface area contributed by atoms with Crippen LogP contribution in [0.3, 0.4) is 0 Å². The van der Waals surface area contributed by atoms with Crippen LogP contribution in [0.4, 0.5) is 0 Å². The molecule has 3 heterocycles. The van der Waals surface area contributed by atoms with E-state index in [9.17, 15) is 0 Å². The third-order valence-corrected chi connectivity index (χ3v) is 9.61. The summed E-state index contributed by atoms with van der Waals surface area (Å²) in [6.45, 7) is 0. The molecule has 55 heavy (non-hydrogen) atoms. The van der Waals surface area contributed by atoms with E-state index in [2.05, 4.69) is 42.5 Å². The Morgan fingerprint density at radius 2 is 0.636 bits per heavy atom. The van der Waals surface area contributed by atoms with Gasteiger partial charge in [0.1, 0.15) is 11.2 Å². The van der Waals surface area contributed by atoms with Gasteiger partial charge >= 0.3 is 0 Å². The first-order chi connectivity index (χ1) is 27.2. The van der Waals surface area contributed by atoms with Gasteiger partial charge in [0.15, 0.2) is 34.9 Å². The van der Waals surface area contributed by atoms with Gasteiger partial charge in [0.05, 0.1) is 0 Å². The third-order valence-electron chi connectivity index (χ3n) is 9.61. The van der Waals surface area contributed by atoms with Gasteiger partial charge < -0.3 is 4.42 Å². The SMILES string of the molecule is c1ccc(-c2nc(-c3ccccc3)nc(-c3ccc(-c4cccc5oc6cc(-c7nc(-c8ccccc8)nc(-c8ccccc8)n7)ccc6c45)cc3)n2)cc1. The Kier molecular flexibility index (Phi) is 8.00. The van der Waals surface area contributed by atoms with E-state index in [0.29, 0.717) is 34.9 Å². The van der Waals surface area contributed by atoms with E-state index in [1.807, 2.05) is 140 Å². The van der Waals surface area contributed by atoms with Crippen molar-refractivity contribution < 1.29 is 4.42 Å².